The smallest absolute Gasteiger partial charge is 0.254 e. The molecule has 27 heavy (non-hydrogen) atoms. The predicted molar refractivity (Wildman–Crippen MR) is 108 cm³/mol. The van der Waals surface area contributed by atoms with E-state index in [1.54, 1.807) is 29.3 Å². The fourth-order valence-corrected chi connectivity index (χ4v) is 6.73. The first kappa shape index (κ1) is 18.5. The first-order chi connectivity index (χ1) is 13.0. The van der Waals surface area contributed by atoms with Crippen LogP contribution in [0.2, 0.25) is 0 Å². The van der Waals surface area contributed by atoms with Crippen molar-refractivity contribution in [1.82, 2.24) is 14.2 Å². The van der Waals surface area contributed by atoms with Crippen molar-refractivity contribution in [2.24, 2.45) is 0 Å². The number of benzene rings is 1. The normalized spacial score (nSPS) is 16.0. The Morgan fingerprint density at radius 2 is 1.78 bits per heavy atom. The number of thiophene rings is 1. The topological polar surface area (TPSA) is 70.6 Å². The molecule has 3 aromatic rings. The van der Waals surface area contributed by atoms with Gasteiger partial charge in [0, 0.05) is 37.8 Å². The number of carbonyl (C=O) groups is 1. The van der Waals surface area contributed by atoms with Crippen molar-refractivity contribution in [1.29, 1.82) is 0 Å². The molecule has 6 nitrogen and oxygen atoms in total. The summed E-state index contributed by atoms with van der Waals surface area (Å²) in [5.74, 6) is -0.0930. The Labute approximate surface area is 169 Å². The SMILES string of the molecule is O=C(c1ccnc2ccccc12)N1CCN(S(=O)(=O)c2ccc(Br)s2)CC1. The largest absolute Gasteiger partial charge is 0.336 e. The van der Waals surface area contributed by atoms with E-state index in [4.69, 9.17) is 0 Å². The Bertz CT molecular complexity index is 1100. The molecule has 3 heterocycles. The summed E-state index contributed by atoms with van der Waals surface area (Å²) in [5, 5.41) is 0.809. The molecule has 0 spiro atoms. The van der Waals surface area contributed by atoms with Crippen LogP contribution in [0.1, 0.15) is 10.4 Å². The van der Waals surface area contributed by atoms with Crippen LogP contribution in [-0.4, -0.2) is 54.7 Å². The summed E-state index contributed by atoms with van der Waals surface area (Å²) in [5.41, 5.74) is 1.37. The lowest BCUT2D eigenvalue weighted by Gasteiger charge is -2.33. The maximum atomic E-state index is 13.0. The lowest BCUT2D eigenvalue weighted by Crippen LogP contribution is -2.50. The number of hydrogen-bond donors (Lipinski definition) is 0. The van der Waals surface area contributed by atoms with Crippen LogP contribution in [-0.2, 0) is 10.0 Å². The van der Waals surface area contributed by atoms with Gasteiger partial charge in [-0.2, -0.15) is 4.31 Å². The van der Waals surface area contributed by atoms with Crippen molar-refractivity contribution in [3.63, 3.8) is 0 Å². The number of aromatic nitrogens is 1. The number of fused-ring (bicyclic) bond motifs is 1. The minimum atomic E-state index is -3.52. The van der Waals surface area contributed by atoms with Crippen molar-refractivity contribution in [2.45, 2.75) is 4.21 Å². The van der Waals surface area contributed by atoms with Crippen LogP contribution in [0.25, 0.3) is 10.9 Å². The van der Waals surface area contributed by atoms with Crippen molar-refractivity contribution in [2.75, 3.05) is 26.2 Å². The number of hydrogen-bond acceptors (Lipinski definition) is 5. The molecule has 0 bridgehead atoms. The molecule has 1 aromatic carbocycles. The van der Waals surface area contributed by atoms with E-state index in [1.807, 2.05) is 24.3 Å². The molecule has 2 aromatic heterocycles. The molecule has 0 unspecified atom stereocenters. The van der Waals surface area contributed by atoms with Gasteiger partial charge in [-0.05, 0) is 40.2 Å². The number of para-hydroxylation sites is 1. The van der Waals surface area contributed by atoms with Gasteiger partial charge in [-0.3, -0.25) is 9.78 Å². The number of rotatable bonds is 3. The third-order valence-electron chi connectivity index (χ3n) is 4.55. The lowest BCUT2D eigenvalue weighted by molar-refractivity contribution is 0.0700. The fourth-order valence-electron chi connectivity index (χ4n) is 3.15. The molecule has 0 saturated carbocycles. The molecule has 9 heteroatoms. The van der Waals surface area contributed by atoms with Crippen molar-refractivity contribution in [3.8, 4) is 0 Å². The Morgan fingerprint density at radius 3 is 2.48 bits per heavy atom. The van der Waals surface area contributed by atoms with Crippen molar-refractivity contribution >= 4 is 54.1 Å². The summed E-state index contributed by atoms with van der Waals surface area (Å²) < 4.78 is 28.0. The van der Waals surface area contributed by atoms with Gasteiger partial charge in [0.2, 0.25) is 0 Å². The number of piperazine rings is 1. The number of halogens is 1. The maximum Gasteiger partial charge on any atom is 0.254 e. The number of nitrogens with zero attached hydrogens (tertiary/aromatic N) is 3. The maximum absolute atomic E-state index is 13.0. The van der Waals surface area contributed by atoms with Gasteiger partial charge in [0.25, 0.3) is 15.9 Å². The van der Waals surface area contributed by atoms with Crippen LogP contribution in [0.5, 0.6) is 0 Å². The first-order valence-electron chi connectivity index (χ1n) is 8.35. The monoisotopic (exact) mass is 465 g/mol. The molecule has 4 rings (SSSR count). The summed E-state index contributed by atoms with van der Waals surface area (Å²) in [4.78, 5) is 19.0. The second-order valence-electron chi connectivity index (χ2n) is 6.13. The molecule has 0 radical (unpaired) electrons. The van der Waals surface area contributed by atoms with Gasteiger partial charge in [-0.15, -0.1) is 11.3 Å². The zero-order chi connectivity index (χ0) is 19.0. The Morgan fingerprint density at radius 1 is 1.04 bits per heavy atom. The van der Waals surface area contributed by atoms with Crippen LogP contribution in [0.15, 0.2) is 56.7 Å². The van der Waals surface area contributed by atoms with Crippen LogP contribution in [0.4, 0.5) is 0 Å². The molecule has 1 aliphatic rings. The standard InChI is InChI=1S/C18H16BrN3O3S2/c19-16-5-6-17(26-16)27(24,25)22-11-9-21(10-12-22)18(23)14-7-8-20-15-4-2-1-3-13(14)15/h1-8H,9-12H2. The number of sulfonamides is 1. The second kappa shape index (κ2) is 7.31. The summed E-state index contributed by atoms with van der Waals surface area (Å²) >= 11 is 4.49. The molecular formula is C18H16BrN3O3S2. The highest BCUT2D eigenvalue weighted by Crippen LogP contribution is 2.29. The van der Waals surface area contributed by atoms with Crippen LogP contribution < -0.4 is 0 Å². The van der Waals surface area contributed by atoms with Crippen LogP contribution in [0.3, 0.4) is 0 Å². The highest BCUT2D eigenvalue weighted by molar-refractivity contribution is 9.11. The van der Waals surface area contributed by atoms with E-state index in [-0.39, 0.29) is 19.0 Å². The summed E-state index contributed by atoms with van der Waals surface area (Å²) in [7, 11) is -3.52. The predicted octanol–water partition coefficient (Wildman–Crippen LogP) is 3.21. The first-order valence-corrected chi connectivity index (χ1v) is 11.4. The minimum absolute atomic E-state index is 0.0930. The van der Waals surface area contributed by atoms with Gasteiger partial charge < -0.3 is 4.90 Å². The highest BCUT2D eigenvalue weighted by atomic mass is 79.9. The molecule has 1 fully saturated rings. The minimum Gasteiger partial charge on any atom is -0.336 e. The van der Waals surface area contributed by atoms with E-state index < -0.39 is 10.0 Å². The van der Waals surface area contributed by atoms with Crippen molar-refractivity contribution < 1.29 is 13.2 Å². The van der Waals surface area contributed by atoms with Gasteiger partial charge >= 0.3 is 0 Å². The molecule has 1 amide bonds. The van der Waals surface area contributed by atoms with E-state index in [0.717, 1.165) is 14.7 Å². The van der Waals surface area contributed by atoms with Crippen LogP contribution in [0, 0.1) is 0 Å². The molecule has 1 aliphatic heterocycles. The Kier molecular flexibility index (Phi) is 5.02. The fraction of sp³-hybridized carbons (Fsp3) is 0.222. The van der Waals surface area contributed by atoms with E-state index >= 15 is 0 Å². The van der Waals surface area contributed by atoms with E-state index in [2.05, 4.69) is 20.9 Å². The zero-order valence-corrected chi connectivity index (χ0v) is 17.4. The highest BCUT2D eigenvalue weighted by Gasteiger charge is 2.31. The van der Waals surface area contributed by atoms with E-state index in [9.17, 15) is 13.2 Å². The molecule has 0 atom stereocenters. The number of pyridine rings is 1. The van der Waals surface area contributed by atoms with Crippen LogP contribution >= 0.6 is 27.3 Å². The van der Waals surface area contributed by atoms with Gasteiger partial charge in [-0.1, -0.05) is 18.2 Å². The Balaban J connectivity index is 1.51. The average molecular weight is 466 g/mol. The van der Waals surface area contributed by atoms with Gasteiger partial charge in [0.15, 0.2) is 0 Å². The van der Waals surface area contributed by atoms with E-state index in [0.29, 0.717) is 22.9 Å². The number of carbonyl (C=O) groups excluding carboxylic acids is 1. The molecular weight excluding hydrogens is 450 g/mol. The summed E-state index contributed by atoms with van der Waals surface area (Å²) in [6.07, 6.45) is 1.63. The second-order valence-corrected chi connectivity index (χ2v) is 10.8. The summed E-state index contributed by atoms with van der Waals surface area (Å²) in [6.45, 7) is 1.29. The van der Waals surface area contributed by atoms with Gasteiger partial charge in [0.05, 0.1) is 14.9 Å². The number of amides is 1. The van der Waals surface area contributed by atoms with Gasteiger partial charge in [-0.25, -0.2) is 8.42 Å². The molecule has 1 saturated heterocycles. The average Bonchev–Trinajstić information content (AvgIpc) is 3.14. The van der Waals surface area contributed by atoms with E-state index in [1.165, 1.54) is 15.6 Å². The lowest BCUT2D eigenvalue weighted by atomic mass is 10.1. The zero-order valence-electron chi connectivity index (χ0n) is 14.2. The quantitative estimate of drug-likeness (QED) is 0.595. The molecule has 0 N–H and O–H groups in total. The molecule has 140 valence electrons. The third-order valence-corrected chi connectivity index (χ3v) is 8.54. The Hall–Kier alpha value is -1.81. The van der Waals surface area contributed by atoms with Gasteiger partial charge in [0.1, 0.15) is 4.21 Å². The van der Waals surface area contributed by atoms with Crippen molar-refractivity contribution in [3.05, 3.63) is 58.0 Å². The molecule has 0 aliphatic carbocycles. The summed E-state index contributed by atoms with van der Waals surface area (Å²) in [6, 6.07) is 12.6. The third kappa shape index (κ3) is 3.52.